The first-order valence-electron chi connectivity index (χ1n) is 7.47. The zero-order valence-electron chi connectivity index (χ0n) is 13.4. The van der Waals surface area contributed by atoms with Crippen molar-refractivity contribution in [3.8, 4) is 11.5 Å². The standard InChI is InChI=1S/C19H9F3O5/c20-17(21)18(22)26-11-6-4-10(5-7-11)19(25)27-15-3-1-2-12-13(23)8-9-14(24)16(12)15/h1-9H. The summed E-state index contributed by atoms with van der Waals surface area (Å²) in [7, 11) is 0. The van der Waals surface area contributed by atoms with Crippen LogP contribution in [0.1, 0.15) is 31.1 Å². The van der Waals surface area contributed by atoms with Gasteiger partial charge in [0, 0.05) is 5.56 Å². The molecule has 0 heterocycles. The van der Waals surface area contributed by atoms with Crippen molar-refractivity contribution in [3.05, 3.63) is 83.4 Å². The Balaban J connectivity index is 1.81. The van der Waals surface area contributed by atoms with E-state index in [1.54, 1.807) is 0 Å². The van der Waals surface area contributed by atoms with Crippen molar-refractivity contribution < 1.29 is 37.0 Å². The number of hydrogen-bond donors (Lipinski definition) is 0. The van der Waals surface area contributed by atoms with E-state index in [9.17, 15) is 27.6 Å². The molecule has 0 saturated heterocycles. The van der Waals surface area contributed by atoms with Gasteiger partial charge >= 0.3 is 18.1 Å². The maximum absolute atomic E-state index is 12.7. The molecule has 0 unspecified atom stereocenters. The number of carbonyl (C=O) groups excluding carboxylic acids is 3. The van der Waals surface area contributed by atoms with Crippen LogP contribution >= 0.6 is 0 Å². The second-order valence-electron chi connectivity index (χ2n) is 5.29. The molecule has 0 radical (unpaired) electrons. The van der Waals surface area contributed by atoms with Crippen LogP contribution < -0.4 is 9.47 Å². The summed E-state index contributed by atoms with van der Waals surface area (Å²) in [6, 6.07) is 6.75. The Hall–Kier alpha value is -3.68. The summed E-state index contributed by atoms with van der Waals surface area (Å²) in [4.78, 5) is 36.1. The highest BCUT2D eigenvalue weighted by Gasteiger charge is 2.24. The Morgan fingerprint density at radius 3 is 2.15 bits per heavy atom. The predicted octanol–water partition coefficient (Wildman–Crippen LogP) is 4.25. The molecule has 0 fully saturated rings. The molecule has 2 aromatic carbocycles. The topological polar surface area (TPSA) is 69.7 Å². The van der Waals surface area contributed by atoms with Crippen molar-refractivity contribution in [1.29, 1.82) is 0 Å². The zero-order chi connectivity index (χ0) is 19.6. The summed E-state index contributed by atoms with van der Waals surface area (Å²) < 4.78 is 46.2. The van der Waals surface area contributed by atoms with Gasteiger partial charge in [-0.15, -0.1) is 0 Å². The molecule has 3 rings (SSSR count). The molecule has 1 aliphatic rings. The fraction of sp³-hybridized carbons (Fsp3) is 0. The van der Waals surface area contributed by atoms with Gasteiger partial charge in [-0.3, -0.25) is 9.59 Å². The third-order valence-corrected chi connectivity index (χ3v) is 3.57. The van der Waals surface area contributed by atoms with Crippen LogP contribution in [0.4, 0.5) is 13.2 Å². The Morgan fingerprint density at radius 1 is 0.815 bits per heavy atom. The van der Waals surface area contributed by atoms with Gasteiger partial charge in [0.15, 0.2) is 11.6 Å². The number of rotatable bonds is 4. The maximum Gasteiger partial charge on any atom is 0.344 e. The molecule has 0 aromatic heterocycles. The Labute approximate surface area is 150 Å². The van der Waals surface area contributed by atoms with E-state index in [4.69, 9.17) is 4.74 Å². The van der Waals surface area contributed by atoms with E-state index in [-0.39, 0.29) is 34.0 Å². The third kappa shape index (κ3) is 3.79. The van der Waals surface area contributed by atoms with Crippen molar-refractivity contribution >= 4 is 17.5 Å². The van der Waals surface area contributed by atoms with Gasteiger partial charge in [0.2, 0.25) is 0 Å². The van der Waals surface area contributed by atoms with Crippen molar-refractivity contribution in [2.75, 3.05) is 0 Å². The second-order valence-corrected chi connectivity index (χ2v) is 5.29. The third-order valence-electron chi connectivity index (χ3n) is 3.57. The van der Waals surface area contributed by atoms with Crippen molar-refractivity contribution in [3.63, 3.8) is 0 Å². The molecule has 5 nitrogen and oxygen atoms in total. The Bertz CT molecular complexity index is 1000. The average Bonchev–Trinajstić information content (AvgIpc) is 2.65. The number of benzene rings is 2. The minimum absolute atomic E-state index is 0.00446. The number of fused-ring (bicyclic) bond motifs is 1. The van der Waals surface area contributed by atoms with Crippen LogP contribution in [0.25, 0.3) is 0 Å². The first-order valence-corrected chi connectivity index (χ1v) is 7.47. The molecule has 0 atom stereocenters. The molecular formula is C19H9F3O5. The van der Waals surface area contributed by atoms with Gasteiger partial charge in [-0.25, -0.2) is 4.79 Å². The van der Waals surface area contributed by atoms with E-state index < -0.39 is 23.8 Å². The summed E-state index contributed by atoms with van der Waals surface area (Å²) in [5.41, 5.74) is 0.0891. The van der Waals surface area contributed by atoms with Crippen LogP contribution in [-0.4, -0.2) is 17.5 Å². The van der Waals surface area contributed by atoms with Crippen molar-refractivity contribution in [1.82, 2.24) is 0 Å². The van der Waals surface area contributed by atoms with Crippen molar-refractivity contribution in [2.45, 2.75) is 0 Å². The minimum Gasteiger partial charge on any atom is -0.428 e. The molecule has 0 spiro atoms. The molecule has 27 heavy (non-hydrogen) atoms. The monoisotopic (exact) mass is 374 g/mol. The van der Waals surface area contributed by atoms with E-state index in [1.165, 1.54) is 30.3 Å². The molecular weight excluding hydrogens is 365 g/mol. The largest absolute Gasteiger partial charge is 0.428 e. The fourth-order valence-corrected chi connectivity index (χ4v) is 2.36. The normalized spacial score (nSPS) is 12.4. The van der Waals surface area contributed by atoms with Crippen LogP contribution in [0.3, 0.4) is 0 Å². The van der Waals surface area contributed by atoms with Gasteiger partial charge in [-0.1, -0.05) is 12.1 Å². The lowest BCUT2D eigenvalue weighted by Crippen LogP contribution is -2.16. The molecule has 0 bridgehead atoms. The molecule has 0 amide bonds. The molecule has 2 aromatic rings. The van der Waals surface area contributed by atoms with Gasteiger partial charge in [-0.05, 0) is 42.5 Å². The zero-order valence-corrected chi connectivity index (χ0v) is 13.4. The van der Waals surface area contributed by atoms with E-state index in [0.717, 1.165) is 24.3 Å². The highest BCUT2D eigenvalue weighted by Crippen LogP contribution is 2.28. The van der Waals surface area contributed by atoms with Gasteiger partial charge in [0.1, 0.15) is 11.5 Å². The summed E-state index contributed by atoms with van der Waals surface area (Å²) >= 11 is 0. The van der Waals surface area contributed by atoms with Crippen LogP contribution in [0.5, 0.6) is 11.5 Å². The lowest BCUT2D eigenvalue weighted by Gasteiger charge is -2.13. The summed E-state index contributed by atoms with van der Waals surface area (Å²) in [5, 5.41) is 0. The molecule has 136 valence electrons. The summed E-state index contributed by atoms with van der Waals surface area (Å²) in [5.74, 6) is -2.07. The highest BCUT2D eigenvalue weighted by molar-refractivity contribution is 6.23. The number of esters is 1. The Morgan fingerprint density at radius 2 is 1.48 bits per heavy atom. The number of allylic oxidation sites excluding steroid dienone is 2. The fourth-order valence-electron chi connectivity index (χ4n) is 2.36. The molecule has 0 aliphatic heterocycles. The summed E-state index contributed by atoms with van der Waals surface area (Å²) in [6.45, 7) is 0. The number of halogens is 3. The Kier molecular flexibility index (Phi) is 4.89. The van der Waals surface area contributed by atoms with Gasteiger partial charge in [-0.2, -0.15) is 13.2 Å². The smallest absolute Gasteiger partial charge is 0.344 e. The van der Waals surface area contributed by atoms with E-state index in [1.807, 2.05) is 0 Å². The summed E-state index contributed by atoms with van der Waals surface area (Å²) in [6.07, 6.45) is -0.399. The average molecular weight is 374 g/mol. The van der Waals surface area contributed by atoms with Crippen LogP contribution in [0.2, 0.25) is 0 Å². The highest BCUT2D eigenvalue weighted by atomic mass is 19.3. The molecule has 0 saturated carbocycles. The van der Waals surface area contributed by atoms with Gasteiger partial charge < -0.3 is 9.47 Å². The lowest BCUT2D eigenvalue weighted by molar-refractivity contribution is 0.0731. The molecule has 1 aliphatic carbocycles. The molecule has 0 N–H and O–H groups in total. The first kappa shape index (κ1) is 18.1. The van der Waals surface area contributed by atoms with Crippen LogP contribution in [0.15, 0.2) is 66.7 Å². The number of carbonyl (C=O) groups is 3. The van der Waals surface area contributed by atoms with Gasteiger partial charge in [0.25, 0.3) is 0 Å². The minimum atomic E-state index is -2.61. The van der Waals surface area contributed by atoms with E-state index >= 15 is 0 Å². The van der Waals surface area contributed by atoms with E-state index in [0.29, 0.717) is 0 Å². The molecule has 8 heteroatoms. The van der Waals surface area contributed by atoms with E-state index in [2.05, 4.69) is 4.74 Å². The lowest BCUT2D eigenvalue weighted by atomic mass is 9.94. The van der Waals surface area contributed by atoms with Crippen LogP contribution in [0, 0.1) is 0 Å². The maximum atomic E-state index is 12.7. The van der Waals surface area contributed by atoms with Crippen molar-refractivity contribution in [2.24, 2.45) is 0 Å². The number of hydrogen-bond acceptors (Lipinski definition) is 5. The predicted molar refractivity (Wildman–Crippen MR) is 86.6 cm³/mol. The van der Waals surface area contributed by atoms with Gasteiger partial charge in [0.05, 0.1) is 11.1 Å². The number of ether oxygens (including phenoxy) is 2. The number of ketones is 2. The first-order chi connectivity index (χ1) is 12.9. The van der Waals surface area contributed by atoms with Crippen LogP contribution in [-0.2, 0) is 0 Å². The SMILES string of the molecule is O=C(Oc1cccc2c1C(=O)C=CC2=O)c1ccc(OC(F)=C(F)F)cc1. The second kappa shape index (κ2) is 7.28. The quantitative estimate of drug-likeness (QED) is 0.455.